The normalized spacial score (nSPS) is 11.2. The van der Waals surface area contributed by atoms with Gasteiger partial charge in [0.2, 0.25) is 11.7 Å². The van der Waals surface area contributed by atoms with Crippen LogP contribution in [-0.2, 0) is 11.2 Å². The summed E-state index contributed by atoms with van der Waals surface area (Å²) in [5.74, 6) is -0.218. The molecule has 1 aromatic heterocycles. The molecule has 0 radical (unpaired) electrons. The Morgan fingerprint density at radius 2 is 1.96 bits per heavy atom. The van der Waals surface area contributed by atoms with Gasteiger partial charge in [-0.25, -0.2) is 9.97 Å². The molecule has 0 spiro atoms. The summed E-state index contributed by atoms with van der Waals surface area (Å²) in [6.07, 6.45) is 1.45. The molecule has 2 aromatic rings. The van der Waals surface area contributed by atoms with Crippen molar-refractivity contribution in [2.75, 3.05) is 6.54 Å². The predicted octanol–water partition coefficient (Wildman–Crippen LogP) is 2.42. The first-order chi connectivity index (χ1) is 12.2. The number of carbonyl (C=O) groups is 1. The lowest BCUT2D eigenvalue weighted by molar-refractivity contribution is -0.123. The number of benzene rings is 1. The Kier molecular flexibility index (Phi) is 6.06. The summed E-state index contributed by atoms with van der Waals surface area (Å²) in [4.78, 5) is 20.0. The Morgan fingerprint density at radius 1 is 1.23 bits per heavy atom. The molecular formula is C20H25N5O. The molecule has 0 bridgehead atoms. The fraction of sp³-hybridized carbons (Fsp3) is 0.400. The number of nitriles is 1. The highest BCUT2D eigenvalue weighted by Gasteiger charge is 2.23. The number of nitrogens with zero attached hydrogens (tertiary/aromatic N) is 3. The Morgan fingerprint density at radius 3 is 2.58 bits per heavy atom. The van der Waals surface area contributed by atoms with Crippen molar-refractivity contribution in [3.63, 3.8) is 0 Å². The minimum atomic E-state index is -0.742. The molecule has 0 unspecified atom stereocenters. The summed E-state index contributed by atoms with van der Waals surface area (Å²) in [7, 11) is 0. The molecule has 26 heavy (non-hydrogen) atoms. The first-order valence-corrected chi connectivity index (χ1v) is 8.63. The van der Waals surface area contributed by atoms with Crippen molar-refractivity contribution in [1.29, 1.82) is 5.26 Å². The van der Waals surface area contributed by atoms with E-state index in [9.17, 15) is 10.1 Å². The van der Waals surface area contributed by atoms with Gasteiger partial charge in [0.05, 0.1) is 11.2 Å². The zero-order valence-electron chi connectivity index (χ0n) is 15.8. The molecule has 0 aliphatic heterocycles. The molecule has 6 heteroatoms. The van der Waals surface area contributed by atoms with Crippen LogP contribution in [0.5, 0.6) is 0 Å². The quantitative estimate of drug-likeness (QED) is 0.745. The second-order valence-corrected chi connectivity index (χ2v) is 7.00. The smallest absolute Gasteiger partial charge is 0.237 e. The van der Waals surface area contributed by atoms with Crippen LogP contribution in [0.4, 0.5) is 0 Å². The number of hydrogen-bond acceptors (Lipinski definition) is 5. The zero-order chi connectivity index (χ0) is 19.3. The third kappa shape index (κ3) is 4.87. The average molecular weight is 351 g/mol. The van der Waals surface area contributed by atoms with Gasteiger partial charge < -0.3 is 11.1 Å². The SMILES string of the molecule is Cc1ccc(-c2cc(CCCNC(C)(C)C(N)=O)nc(C#N)n2)cc1C. The molecule has 1 amide bonds. The molecule has 0 fully saturated rings. The summed E-state index contributed by atoms with van der Waals surface area (Å²) >= 11 is 0. The largest absolute Gasteiger partial charge is 0.368 e. The third-order valence-corrected chi connectivity index (χ3v) is 4.47. The lowest BCUT2D eigenvalue weighted by Gasteiger charge is -2.22. The van der Waals surface area contributed by atoms with Crippen molar-refractivity contribution >= 4 is 5.91 Å². The van der Waals surface area contributed by atoms with E-state index >= 15 is 0 Å². The third-order valence-electron chi connectivity index (χ3n) is 4.47. The van der Waals surface area contributed by atoms with Crippen molar-refractivity contribution in [2.24, 2.45) is 5.73 Å². The molecule has 0 saturated carbocycles. The van der Waals surface area contributed by atoms with Crippen molar-refractivity contribution in [2.45, 2.75) is 46.1 Å². The number of amides is 1. The van der Waals surface area contributed by atoms with Crippen LogP contribution in [-0.4, -0.2) is 28.0 Å². The molecule has 136 valence electrons. The van der Waals surface area contributed by atoms with Gasteiger partial charge in [-0.2, -0.15) is 5.26 Å². The van der Waals surface area contributed by atoms with E-state index in [-0.39, 0.29) is 11.7 Å². The van der Waals surface area contributed by atoms with Crippen molar-refractivity contribution in [1.82, 2.24) is 15.3 Å². The number of aryl methyl sites for hydroxylation is 3. The van der Waals surface area contributed by atoms with Crippen LogP contribution in [0.25, 0.3) is 11.3 Å². The number of rotatable bonds is 7. The van der Waals surface area contributed by atoms with Crippen molar-refractivity contribution < 1.29 is 4.79 Å². The highest BCUT2D eigenvalue weighted by Crippen LogP contribution is 2.21. The molecule has 0 aliphatic carbocycles. The molecule has 1 heterocycles. The highest BCUT2D eigenvalue weighted by molar-refractivity contribution is 5.83. The van der Waals surface area contributed by atoms with Gasteiger partial charge in [0.25, 0.3) is 0 Å². The minimum Gasteiger partial charge on any atom is -0.368 e. The Hall–Kier alpha value is -2.78. The van der Waals surface area contributed by atoms with Crippen LogP contribution in [0.1, 0.15) is 42.9 Å². The molecule has 0 saturated heterocycles. The lowest BCUT2D eigenvalue weighted by Crippen LogP contribution is -2.50. The van der Waals surface area contributed by atoms with E-state index in [1.54, 1.807) is 13.8 Å². The molecule has 1 aromatic carbocycles. The maximum atomic E-state index is 11.3. The van der Waals surface area contributed by atoms with Gasteiger partial charge in [0.1, 0.15) is 6.07 Å². The monoisotopic (exact) mass is 351 g/mol. The number of carbonyl (C=O) groups excluding carboxylic acids is 1. The summed E-state index contributed by atoms with van der Waals surface area (Å²) in [5.41, 5.74) is 9.53. The Labute approximate surface area is 154 Å². The summed E-state index contributed by atoms with van der Waals surface area (Å²) in [6.45, 7) is 8.25. The number of primary amides is 1. The molecule has 6 nitrogen and oxygen atoms in total. The van der Waals surface area contributed by atoms with E-state index in [1.807, 2.05) is 24.3 Å². The number of hydrogen-bond donors (Lipinski definition) is 2. The van der Waals surface area contributed by atoms with Crippen LogP contribution in [0.2, 0.25) is 0 Å². The molecule has 0 aliphatic rings. The van der Waals surface area contributed by atoms with Crippen LogP contribution in [0.3, 0.4) is 0 Å². The predicted molar refractivity (Wildman–Crippen MR) is 101 cm³/mol. The zero-order valence-corrected chi connectivity index (χ0v) is 15.8. The minimum absolute atomic E-state index is 0.168. The first kappa shape index (κ1) is 19.5. The van der Waals surface area contributed by atoms with Gasteiger partial charge in [-0.05, 0) is 70.3 Å². The van der Waals surface area contributed by atoms with Crippen LogP contribution in [0, 0.1) is 25.2 Å². The Bertz CT molecular complexity index is 852. The number of nitrogens with one attached hydrogen (secondary N) is 1. The fourth-order valence-electron chi connectivity index (χ4n) is 2.48. The molecule has 2 rings (SSSR count). The molecular weight excluding hydrogens is 326 g/mol. The van der Waals surface area contributed by atoms with Crippen molar-refractivity contribution in [3.05, 3.63) is 46.9 Å². The average Bonchev–Trinajstić information content (AvgIpc) is 2.60. The van der Waals surface area contributed by atoms with E-state index < -0.39 is 5.54 Å². The maximum absolute atomic E-state index is 11.3. The van der Waals surface area contributed by atoms with Gasteiger partial charge in [0, 0.05) is 11.3 Å². The van der Waals surface area contributed by atoms with E-state index in [2.05, 4.69) is 35.2 Å². The van der Waals surface area contributed by atoms with Gasteiger partial charge >= 0.3 is 0 Å². The second-order valence-electron chi connectivity index (χ2n) is 7.00. The molecule has 3 N–H and O–H groups in total. The van der Waals surface area contributed by atoms with Crippen LogP contribution >= 0.6 is 0 Å². The first-order valence-electron chi connectivity index (χ1n) is 8.63. The summed E-state index contributed by atoms with van der Waals surface area (Å²) < 4.78 is 0. The van der Waals surface area contributed by atoms with E-state index in [0.717, 1.165) is 23.4 Å². The maximum Gasteiger partial charge on any atom is 0.237 e. The van der Waals surface area contributed by atoms with Gasteiger partial charge in [-0.1, -0.05) is 12.1 Å². The lowest BCUT2D eigenvalue weighted by atomic mass is 10.0. The summed E-state index contributed by atoms with van der Waals surface area (Å²) in [5, 5.41) is 12.4. The van der Waals surface area contributed by atoms with E-state index in [1.165, 1.54) is 11.1 Å². The van der Waals surface area contributed by atoms with Crippen LogP contribution in [0.15, 0.2) is 24.3 Å². The van der Waals surface area contributed by atoms with Gasteiger partial charge in [-0.3, -0.25) is 4.79 Å². The molecule has 0 atom stereocenters. The number of nitrogens with two attached hydrogens (primary N) is 1. The second kappa shape index (κ2) is 8.07. The topological polar surface area (TPSA) is 105 Å². The van der Waals surface area contributed by atoms with E-state index in [4.69, 9.17) is 5.73 Å². The standard InChI is InChI=1S/C20H25N5O/c1-13-7-8-15(10-14(13)2)17-11-16(24-18(12-21)25-17)6-5-9-23-20(3,4)19(22)26/h7-8,10-11,23H,5-6,9H2,1-4H3,(H2,22,26). The Balaban J connectivity index is 2.13. The van der Waals surface area contributed by atoms with E-state index in [0.29, 0.717) is 13.0 Å². The van der Waals surface area contributed by atoms with Crippen LogP contribution < -0.4 is 11.1 Å². The van der Waals surface area contributed by atoms with Crippen molar-refractivity contribution in [3.8, 4) is 17.3 Å². The fourth-order valence-corrected chi connectivity index (χ4v) is 2.48. The number of aromatic nitrogens is 2. The van der Waals surface area contributed by atoms with Gasteiger partial charge in [-0.15, -0.1) is 0 Å². The summed E-state index contributed by atoms with van der Waals surface area (Å²) in [6, 6.07) is 10.1. The highest BCUT2D eigenvalue weighted by atomic mass is 16.1. The van der Waals surface area contributed by atoms with Gasteiger partial charge in [0.15, 0.2) is 0 Å².